The second-order valence-corrected chi connectivity index (χ2v) is 5.15. The Kier molecular flexibility index (Phi) is 5.76. The molecule has 0 spiro atoms. The third-order valence-corrected chi connectivity index (χ3v) is 3.49. The molecule has 20 heavy (non-hydrogen) atoms. The first kappa shape index (κ1) is 15.2. The minimum atomic E-state index is -0.428. The van der Waals surface area contributed by atoms with Crippen LogP contribution >= 0.6 is 11.6 Å². The second-order valence-electron chi connectivity index (χ2n) is 4.74. The number of halogens is 2. The summed E-state index contributed by atoms with van der Waals surface area (Å²) in [5.41, 5.74) is 0.417. The van der Waals surface area contributed by atoms with E-state index in [4.69, 9.17) is 16.3 Å². The summed E-state index contributed by atoms with van der Waals surface area (Å²) in [6.07, 6.45) is 2.45. The molecule has 0 radical (unpaired) electrons. The maximum atomic E-state index is 12.9. The van der Waals surface area contributed by atoms with Crippen LogP contribution in [0.1, 0.15) is 19.3 Å². The molecule has 4 nitrogen and oxygen atoms in total. The van der Waals surface area contributed by atoms with Crippen LogP contribution in [-0.4, -0.2) is 31.7 Å². The first-order chi connectivity index (χ1) is 9.65. The molecule has 1 amide bonds. The Hall–Kier alpha value is -1.17. The lowest BCUT2D eigenvalue weighted by atomic mass is 10.1. The van der Waals surface area contributed by atoms with Gasteiger partial charge in [-0.15, -0.1) is 0 Å². The highest BCUT2D eigenvalue weighted by atomic mass is 35.5. The van der Waals surface area contributed by atoms with E-state index in [1.807, 2.05) is 0 Å². The largest absolute Gasteiger partial charge is 0.378 e. The standard InChI is InChI=1S/C14H18ClFN2O2/c15-12-9-10(16)1-2-13(12)18-14(19)5-8-20-11-3-6-17-7-4-11/h1-2,9,11,17H,3-8H2,(H,18,19). The fourth-order valence-electron chi connectivity index (χ4n) is 2.08. The molecule has 0 bridgehead atoms. The minimum Gasteiger partial charge on any atom is -0.378 e. The van der Waals surface area contributed by atoms with Crippen LogP contribution in [0.3, 0.4) is 0 Å². The summed E-state index contributed by atoms with van der Waals surface area (Å²) in [6, 6.07) is 3.87. The van der Waals surface area contributed by atoms with Crippen molar-refractivity contribution in [3.63, 3.8) is 0 Å². The molecule has 0 unspecified atom stereocenters. The van der Waals surface area contributed by atoms with Crippen molar-refractivity contribution in [2.24, 2.45) is 0 Å². The Labute approximate surface area is 122 Å². The predicted molar refractivity (Wildman–Crippen MR) is 76.5 cm³/mol. The zero-order chi connectivity index (χ0) is 14.4. The number of hydrogen-bond acceptors (Lipinski definition) is 3. The smallest absolute Gasteiger partial charge is 0.226 e. The maximum Gasteiger partial charge on any atom is 0.226 e. The topological polar surface area (TPSA) is 50.4 Å². The predicted octanol–water partition coefficient (Wildman–Crippen LogP) is 2.58. The zero-order valence-electron chi connectivity index (χ0n) is 11.1. The zero-order valence-corrected chi connectivity index (χ0v) is 11.9. The van der Waals surface area contributed by atoms with Crippen LogP contribution in [0.2, 0.25) is 5.02 Å². The van der Waals surface area contributed by atoms with E-state index in [0.29, 0.717) is 12.3 Å². The van der Waals surface area contributed by atoms with Crippen LogP contribution in [-0.2, 0) is 9.53 Å². The summed E-state index contributed by atoms with van der Waals surface area (Å²) in [5, 5.41) is 6.09. The summed E-state index contributed by atoms with van der Waals surface area (Å²) in [7, 11) is 0. The Morgan fingerprint density at radius 1 is 1.45 bits per heavy atom. The SMILES string of the molecule is O=C(CCOC1CCNCC1)Nc1ccc(F)cc1Cl. The van der Waals surface area contributed by atoms with E-state index < -0.39 is 5.82 Å². The molecule has 1 aromatic carbocycles. The van der Waals surface area contributed by atoms with Gasteiger partial charge in [0.15, 0.2) is 0 Å². The van der Waals surface area contributed by atoms with Crippen LogP contribution < -0.4 is 10.6 Å². The lowest BCUT2D eigenvalue weighted by molar-refractivity contribution is -0.117. The van der Waals surface area contributed by atoms with Crippen LogP contribution in [0.5, 0.6) is 0 Å². The van der Waals surface area contributed by atoms with Crippen LogP contribution in [0, 0.1) is 5.82 Å². The van der Waals surface area contributed by atoms with Crippen LogP contribution in [0.15, 0.2) is 18.2 Å². The monoisotopic (exact) mass is 300 g/mol. The molecule has 1 saturated heterocycles. The van der Waals surface area contributed by atoms with E-state index in [0.717, 1.165) is 25.9 Å². The van der Waals surface area contributed by atoms with E-state index in [9.17, 15) is 9.18 Å². The van der Waals surface area contributed by atoms with Gasteiger partial charge in [-0.1, -0.05) is 11.6 Å². The highest BCUT2D eigenvalue weighted by molar-refractivity contribution is 6.33. The molecule has 1 fully saturated rings. The average Bonchev–Trinajstić information content (AvgIpc) is 2.43. The number of hydrogen-bond donors (Lipinski definition) is 2. The number of ether oxygens (including phenoxy) is 1. The van der Waals surface area contributed by atoms with E-state index in [1.165, 1.54) is 18.2 Å². The molecule has 1 aliphatic rings. The van der Waals surface area contributed by atoms with Crippen molar-refractivity contribution in [3.05, 3.63) is 29.0 Å². The van der Waals surface area contributed by atoms with Gasteiger partial charge in [-0.3, -0.25) is 4.79 Å². The van der Waals surface area contributed by atoms with Gasteiger partial charge >= 0.3 is 0 Å². The summed E-state index contributed by atoms with van der Waals surface area (Å²) in [5.74, 6) is -0.616. The highest BCUT2D eigenvalue weighted by Gasteiger charge is 2.14. The van der Waals surface area contributed by atoms with Crippen molar-refractivity contribution in [2.45, 2.75) is 25.4 Å². The summed E-state index contributed by atoms with van der Waals surface area (Å²) < 4.78 is 18.5. The van der Waals surface area contributed by atoms with Gasteiger partial charge in [-0.2, -0.15) is 0 Å². The first-order valence-electron chi connectivity index (χ1n) is 6.72. The van der Waals surface area contributed by atoms with Crippen LogP contribution in [0.4, 0.5) is 10.1 Å². The molecular formula is C14H18ClFN2O2. The molecule has 1 aliphatic heterocycles. The Bertz CT molecular complexity index is 464. The minimum absolute atomic E-state index is 0.188. The van der Waals surface area contributed by atoms with Gasteiger partial charge in [0.1, 0.15) is 5.82 Å². The molecule has 110 valence electrons. The van der Waals surface area contributed by atoms with Crippen molar-refractivity contribution >= 4 is 23.2 Å². The van der Waals surface area contributed by atoms with Gasteiger partial charge in [0.05, 0.1) is 29.8 Å². The number of carbonyl (C=O) groups excluding carboxylic acids is 1. The Balaban J connectivity index is 1.72. The molecule has 0 aromatic heterocycles. The quantitative estimate of drug-likeness (QED) is 0.879. The summed E-state index contributed by atoms with van der Waals surface area (Å²) >= 11 is 5.84. The lowest BCUT2D eigenvalue weighted by Gasteiger charge is -2.22. The number of amides is 1. The second kappa shape index (κ2) is 7.57. The van der Waals surface area contributed by atoms with Gasteiger partial charge in [0.25, 0.3) is 0 Å². The highest BCUT2D eigenvalue weighted by Crippen LogP contribution is 2.22. The third kappa shape index (κ3) is 4.74. The Morgan fingerprint density at radius 2 is 2.20 bits per heavy atom. The molecule has 0 saturated carbocycles. The van der Waals surface area contributed by atoms with Crippen LogP contribution in [0.25, 0.3) is 0 Å². The van der Waals surface area contributed by atoms with Gasteiger partial charge < -0.3 is 15.4 Å². The number of rotatable bonds is 5. The first-order valence-corrected chi connectivity index (χ1v) is 7.10. The van der Waals surface area contributed by atoms with Gasteiger partial charge in [0.2, 0.25) is 5.91 Å². The van der Waals surface area contributed by atoms with Gasteiger partial charge in [-0.25, -0.2) is 4.39 Å². The van der Waals surface area contributed by atoms with E-state index in [1.54, 1.807) is 0 Å². The number of benzene rings is 1. The third-order valence-electron chi connectivity index (χ3n) is 3.17. The number of carbonyl (C=O) groups is 1. The number of nitrogens with one attached hydrogen (secondary N) is 2. The number of anilines is 1. The molecule has 6 heteroatoms. The summed E-state index contributed by atoms with van der Waals surface area (Å²) in [4.78, 5) is 11.7. The van der Waals surface area contributed by atoms with Gasteiger partial charge in [-0.05, 0) is 44.1 Å². The van der Waals surface area contributed by atoms with Crippen molar-refractivity contribution < 1.29 is 13.9 Å². The maximum absolute atomic E-state index is 12.9. The Morgan fingerprint density at radius 3 is 2.90 bits per heavy atom. The van der Waals surface area contributed by atoms with Gasteiger partial charge in [0, 0.05) is 0 Å². The fraction of sp³-hybridized carbons (Fsp3) is 0.500. The molecule has 2 rings (SSSR count). The average molecular weight is 301 g/mol. The molecule has 0 aliphatic carbocycles. The molecular weight excluding hydrogens is 283 g/mol. The van der Waals surface area contributed by atoms with Crippen molar-refractivity contribution in [3.8, 4) is 0 Å². The van der Waals surface area contributed by atoms with Crippen molar-refractivity contribution in [1.29, 1.82) is 0 Å². The van der Waals surface area contributed by atoms with E-state index in [-0.39, 0.29) is 23.5 Å². The lowest BCUT2D eigenvalue weighted by Crippen LogP contribution is -2.33. The molecule has 0 atom stereocenters. The molecule has 1 heterocycles. The van der Waals surface area contributed by atoms with E-state index in [2.05, 4.69) is 10.6 Å². The van der Waals surface area contributed by atoms with Crippen molar-refractivity contribution in [1.82, 2.24) is 5.32 Å². The number of piperidine rings is 1. The normalized spacial score (nSPS) is 16.1. The fourth-order valence-corrected chi connectivity index (χ4v) is 2.30. The van der Waals surface area contributed by atoms with Crippen molar-refractivity contribution in [2.75, 3.05) is 25.0 Å². The molecule has 2 N–H and O–H groups in total. The summed E-state index contributed by atoms with van der Waals surface area (Å²) in [6.45, 7) is 2.30. The van der Waals surface area contributed by atoms with E-state index >= 15 is 0 Å². The molecule has 1 aromatic rings.